The summed E-state index contributed by atoms with van der Waals surface area (Å²) in [5.74, 6) is 1.44. The van der Waals surface area contributed by atoms with E-state index in [1.807, 2.05) is 67.0 Å². The minimum absolute atomic E-state index is 0.561. The molecule has 0 atom stereocenters. The second kappa shape index (κ2) is 8.80. The van der Waals surface area contributed by atoms with Gasteiger partial charge in [-0.1, -0.05) is 42.5 Å². The highest BCUT2D eigenvalue weighted by Crippen LogP contribution is 2.22. The lowest BCUT2D eigenvalue weighted by atomic mass is 10.1. The van der Waals surface area contributed by atoms with E-state index in [1.165, 1.54) is 0 Å². The average Bonchev–Trinajstić information content (AvgIpc) is 2.68. The van der Waals surface area contributed by atoms with Crippen LogP contribution < -0.4 is 10.1 Å². The van der Waals surface area contributed by atoms with Crippen LogP contribution in [0.4, 0.5) is 5.95 Å². The summed E-state index contributed by atoms with van der Waals surface area (Å²) in [6, 6.07) is 18.1. The van der Waals surface area contributed by atoms with E-state index in [2.05, 4.69) is 15.3 Å². The van der Waals surface area contributed by atoms with E-state index in [0.717, 1.165) is 22.4 Å². The molecule has 25 heavy (non-hydrogen) atoms. The Labute approximate surface area is 147 Å². The van der Waals surface area contributed by atoms with Gasteiger partial charge in [0, 0.05) is 31.6 Å². The lowest BCUT2D eigenvalue weighted by Crippen LogP contribution is -2.09. The highest BCUT2D eigenvalue weighted by Gasteiger charge is 2.02. The molecule has 1 N–H and O–H groups in total. The largest absolute Gasteiger partial charge is 0.489 e. The predicted octanol–water partition coefficient (Wildman–Crippen LogP) is 3.78. The van der Waals surface area contributed by atoms with Gasteiger partial charge in [-0.3, -0.25) is 0 Å². The van der Waals surface area contributed by atoms with E-state index in [4.69, 9.17) is 9.47 Å². The van der Waals surface area contributed by atoms with Crippen LogP contribution >= 0.6 is 0 Å². The zero-order chi connectivity index (χ0) is 17.3. The number of methoxy groups -OCH3 is 1. The maximum Gasteiger partial charge on any atom is 0.222 e. The molecule has 1 aromatic heterocycles. The van der Waals surface area contributed by atoms with Crippen molar-refractivity contribution in [3.8, 4) is 16.9 Å². The van der Waals surface area contributed by atoms with Gasteiger partial charge in [-0.2, -0.15) is 0 Å². The van der Waals surface area contributed by atoms with Gasteiger partial charge in [0.15, 0.2) is 0 Å². The van der Waals surface area contributed by atoms with E-state index in [9.17, 15) is 0 Å². The Bertz CT molecular complexity index is 759. The molecule has 3 rings (SSSR count). The fourth-order valence-corrected chi connectivity index (χ4v) is 2.32. The van der Waals surface area contributed by atoms with Crippen LogP contribution in [0.25, 0.3) is 11.1 Å². The van der Waals surface area contributed by atoms with Crippen molar-refractivity contribution in [2.75, 3.05) is 25.6 Å². The molecule has 128 valence electrons. The first kappa shape index (κ1) is 16.9. The van der Waals surface area contributed by atoms with Crippen molar-refractivity contribution in [1.29, 1.82) is 0 Å². The molecular weight excluding hydrogens is 314 g/mol. The van der Waals surface area contributed by atoms with Crippen LogP contribution in [0.3, 0.4) is 0 Å². The molecule has 0 fully saturated rings. The van der Waals surface area contributed by atoms with E-state index >= 15 is 0 Å². The van der Waals surface area contributed by atoms with Crippen LogP contribution in [0, 0.1) is 0 Å². The second-order valence-electron chi connectivity index (χ2n) is 5.51. The van der Waals surface area contributed by atoms with Crippen molar-refractivity contribution in [1.82, 2.24) is 9.97 Å². The summed E-state index contributed by atoms with van der Waals surface area (Å²) in [7, 11) is 1.67. The highest BCUT2D eigenvalue weighted by molar-refractivity contribution is 5.62. The van der Waals surface area contributed by atoms with Gasteiger partial charge < -0.3 is 14.8 Å². The van der Waals surface area contributed by atoms with Gasteiger partial charge in [-0.05, 0) is 23.3 Å². The third kappa shape index (κ3) is 5.02. The third-order valence-electron chi connectivity index (χ3n) is 3.68. The fraction of sp³-hybridized carbons (Fsp3) is 0.200. The van der Waals surface area contributed by atoms with Crippen LogP contribution in [-0.4, -0.2) is 30.2 Å². The maximum atomic E-state index is 5.80. The molecule has 0 aliphatic carbocycles. The van der Waals surface area contributed by atoms with Gasteiger partial charge in [0.25, 0.3) is 0 Å². The van der Waals surface area contributed by atoms with E-state index in [-0.39, 0.29) is 0 Å². The summed E-state index contributed by atoms with van der Waals surface area (Å²) in [5, 5.41) is 3.10. The molecule has 0 aliphatic rings. The monoisotopic (exact) mass is 335 g/mol. The van der Waals surface area contributed by atoms with Gasteiger partial charge in [0.2, 0.25) is 5.95 Å². The van der Waals surface area contributed by atoms with Crippen molar-refractivity contribution in [2.45, 2.75) is 6.61 Å². The number of hydrogen-bond donors (Lipinski definition) is 1. The van der Waals surface area contributed by atoms with Crippen molar-refractivity contribution < 1.29 is 9.47 Å². The Morgan fingerprint density at radius 1 is 0.880 bits per heavy atom. The van der Waals surface area contributed by atoms with Crippen molar-refractivity contribution in [3.63, 3.8) is 0 Å². The summed E-state index contributed by atoms with van der Waals surface area (Å²) in [6.07, 6.45) is 3.62. The molecule has 0 radical (unpaired) electrons. The Morgan fingerprint density at radius 2 is 1.60 bits per heavy atom. The summed E-state index contributed by atoms with van der Waals surface area (Å²) in [6.45, 7) is 1.87. The Kier molecular flexibility index (Phi) is 5.96. The fourth-order valence-electron chi connectivity index (χ4n) is 2.32. The van der Waals surface area contributed by atoms with Gasteiger partial charge in [0.05, 0.1) is 6.61 Å². The number of nitrogens with one attached hydrogen (secondary N) is 1. The molecule has 0 bridgehead atoms. The predicted molar refractivity (Wildman–Crippen MR) is 98.6 cm³/mol. The molecule has 1 heterocycles. The van der Waals surface area contributed by atoms with E-state index in [1.54, 1.807) is 7.11 Å². The number of nitrogens with zero attached hydrogens (tertiary/aromatic N) is 2. The second-order valence-corrected chi connectivity index (χ2v) is 5.51. The highest BCUT2D eigenvalue weighted by atomic mass is 16.5. The number of aromatic nitrogens is 2. The molecule has 0 aliphatic heterocycles. The first-order valence-corrected chi connectivity index (χ1v) is 8.17. The van der Waals surface area contributed by atoms with Gasteiger partial charge >= 0.3 is 0 Å². The molecule has 3 aromatic rings. The quantitative estimate of drug-likeness (QED) is 0.635. The Hall–Kier alpha value is -2.92. The van der Waals surface area contributed by atoms with Crippen LogP contribution in [0.5, 0.6) is 5.75 Å². The van der Waals surface area contributed by atoms with E-state index < -0.39 is 0 Å². The first-order valence-electron chi connectivity index (χ1n) is 8.17. The summed E-state index contributed by atoms with van der Waals surface area (Å²) in [5.41, 5.74) is 3.17. The lowest BCUT2D eigenvalue weighted by molar-refractivity contribution is 0.210. The van der Waals surface area contributed by atoms with Crippen molar-refractivity contribution in [2.24, 2.45) is 0 Å². The molecule has 2 aromatic carbocycles. The molecule has 5 nitrogen and oxygen atoms in total. The molecule has 0 amide bonds. The number of anilines is 1. The molecule has 0 unspecified atom stereocenters. The molecule has 0 saturated heterocycles. The molecule has 5 heteroatoms. The standard InChI is InChI=1S/C20H21N3O2/c1-24-12-11-21-20-22-13-18(14-23-20)17-7-9-19(10-8-17)25-15-16-5-3-2-4-6-16/h2-10,13-14H,11-12,15H2,1H3,(H,21,22,23). The minimum atomic E-state index is 0.561. The van der Waals surface area contributed by atoms with Crippen LogP contribution in [0.1, 0.15) is 5.56 Å². The number of rotatable bonds is 8. The lowest BCUT2D eigenvalue weighted by Gasteiger charge is -2.08. The van der Waals surface area contributed by atoms with Crippen molar-refractivity contribution in [3.05, 3.63) is 72.6 Å². The summed E-state index contributed by atoms with van der Waals surface area (Å²) in [4.78, 5) is 8.63. The van der Waals surface area contributed by atoms with Crippen LogP contribution in [0.15, 0.2) is 67.0 Å². The molecule has 0 saturated carbocycles. The minimum Gasteiger partial charge on any atom is -0.489 e. The van der Waals surface area contributed by atoms with Crippen LogP contribution in [-0.2, 0) is 11.3 Å². The smallest absolute Gasteiger partial charge is 0.222 e. The zero-order valence-electron chi connectivity index (χ0n) is 14.2. The Balaban J connectivity index is 1.58. The summed E-state index contributed by atoms with van der Waals surface area (Å²) < 4.78 is 10.8. The molecule has 0 spiro atoms. The third-order valence-corrected chi connectivity index (χ3v) is 3.68. The average molecular weight is 335 g/mol. The normalized spacial score (nSPS) is 10.4. The first-order chi connectivity index (χ1) is 12.3. The van der Waals surface area contributed by atoms with Gasteiger partial charge in [-0.25, -0.2) is 9.97 Å². The topological polar surface area (TPSA) is 56.3 Å². The van der Waals surface area contributed by atoms with E-state index in [0.29, 0.717) is 25.7 Å². The maximum absolute atomic E-state index is 5.80. The summed E-state index contributed by atoms with van der Waals surface area (Å²) >= 11 is 0. The molecular formula is C20H21N3O2. The number of benzene rings is 2. The zero-order valence-corrected chi connectivity index (χ0v) is 14.2. The van der Waals surface area contributed by atoms with Gasteiger partial charge in [-0.15, -0.1) is 0 Å². The Morgan fingerprint density at radius 3 is 2.28 bits per heavy atom. The van der Waals surface area contributed by atoms with Gasteiger partial charge in [0.1, 0.15) is 12.4 Å². The van der Waals surface area contributed by atoms with Crippen LogP contribution in [0.2, 0.25) is 0 Å². The number of hydrogen-bond acceptors (Lipinski definition) is 5. The number of ether oxygens (including phenoxy) is 2. The SMILES string of the molecule is COCCNc1ncc(-c2ccc(OCc3ccccc3)cc2)cn1. The van der Waals surface area contributed by atoms with Crippen molar-refractivity contribution >= 4 is 5.95 Å².